The van der Waals surface area contributed by atoms with E-state index in [-0.39, 0.29) is 0 Å². The molecular weight excluding hydrogens is 330 g/mol. The Balaban J connectivity index is 1.57. The highest BCUT2D eigenvalue weighted by Gasteiger charge is 2.25. The minimum Gasteiger partial charge on any atom is -0.465 e. The Morgan fingerprint density at radius 1 is 1.08 bits per heavy atom. The third kappa shape index (κ3) is 3.31. The van der Waals surface area contributed by atoms with Gasteiger partial charge in [-0.2, -0.15) is 0 Å². The fraction of sp³-hybridized carbons (Fsp3) is 0.526. The van der Waals surface area contributed by atoms with E-state index in [4.69, 9.17) is 5.11 Å². The Kier molecular flexibility index (Phi) is 4.63. The fourth-order valence-electron chi connectivity index (χ4n) is 4.00. The van der Waals surface area contributed by atoms with Gasteiger partial charge in [0, 0.05) is 56.3 Å². The van der Waals surface area contributed by atoms with E-state index in [0.717, 1.165) is 55.6 Å². The summed E-state index contributed by atoms with van der Waals surface area (Å²) in [5, 5.41) is 10.2. The van der Waals surface area contributed by atoms with Crippen LogP contribution in [0.4, 0.5) is 10.5 Å². The molecule has 7 heteroatoms. The van der Waals surface area contributed by atoms with Crippen molar-refractivity contribution in [1.29, 1.82) is 0 Å². The zero-order valence-corrected chi connectivity index (χ0v) is 15.1. The Hall–Kier alpha value is -2.41. The molecule has 1 amide bonds. The number of aromatic nitrogens is 2. The number of anilines is 1. The quantitative estimate of drug-likeness (QED) is 0.891. The number of hydrogen-bond donors (Lipinski definition) is 1. The third-order valence-electron chi connectivity index (χ3n) is 5.67. The lowest BCUT2D eigenvalue weighted by Crippen LogP contribution is -2.44. The number of amides is 1. The minimum absolute atomic E-state index is 0.297. The molecule has 0 saturated carbocycles. The van der Waals surface area contributed by atoms with E-state index in [1.807, 2.05) is 0 Å². The van der Waals surface area contributed by atoms with Crippen LogP contribution >= 0.6 is 0 Å². The summed E-state index contributed by atoms with van der Waals surface area (Å²) in [5.41, 5.74) is 3.26. The summed E-state index contributed by atoms with van der Waals surface area (Å²) in [6, 6.07) is 6.48. The number of fused-ring (bicyclic) bond motifs is 1. The zero-order chi connectivity index (χ0) is 18.1. The maximum Gasteiger partial charge on any atom is 0.407 e. The molecule has 2 aromatic rings. The highest BCUT2D eigenvalue weighted by molar-refractivity contribution is 5.84. The van der Waals surface area contributed by atoms with Gasteiger partial charge in [-0.1, -0.05) is 0 Å². The Labute approximate surface area is 153 Å². The van der Waals surface area contributed by atoms with Gasteiger partial charge in [0.05, 0.1) is 11.2 Å². The molecule has 0 spiro atoms. The summed E-state index contributed by atoms with van der Waals surface area (Å²) in [4.78, 5) is 26.4. The van der Waals surface area contributed by atoms with E-state index in [1.54, 1.807) is 6.33 Å². The molecule has 1 aromatic carbocycles. The van der Waals surface area contributed by atoms with E-state index in [9.17, 15) is 4.79 Å². The fourth-order valence-corrected chi connectivity index (χ4v) is 4.00. The van der Waals surface area contributed by atoms with Gasteiger partial charge < -0.3 is 19.8 Å². The molecule has 3 heterocycles. The largest absolute Gasteiger partial charge is 0.465 e. The minimum atomic E-state index is -0.826. The van der Waals surface area contributed by atoms with Crippen molar-refractivity contribution in [3.8, 4) is 0 Å². The first-order chi connectivity index (χ1) is 12.6. The van der Waals surface area contributed by atoms with Crippen LogP contribution < -0.4 is 4.90 Å². The predicted molar refractivity (Wildman–Crippen MR) is 101 cm³/mol. The van der Waals surface area contributed by atoms with Crippen LogP contribution in [0.2, 0.25) is 0 Å². The lowest BCUT2D eigenvalue weighted by atomic mass is 9.91. The maximum atomic E-state index is 11.1. The Morgan fingerprint density at radius 3 is 2.50 bits per heavy atom. The van der Waals surface area contributed by atoms with Crippen molar-refractivity contribution < 1.29 is 9.90 Å². The Morgan fingerprint density at radius 2 is 1.81 bits per heavy atom. The smallest absolute Gasteiger partial charge is 0.407 e. The van der Waals surface area contributed by atoms with Gasteiger partial charge in [0.15, 0.2) is 0 Å². The van der Waals surface area contributed by atoms with Crippen LogP contribution in [0.25, 0.3) is 10.9 Å². The van der Waals surface area contributed by atoms with Gasteiger partial charge >= 0.3 is 6.09 Å². The second-order valence-electron chi connectivity index (χ2n) is 7.29. The monoisotopic (exact) mass is 355 g/mol. The molecule has 2 aliphatic heterocycles. The average Bonchev–Trinajstić information content (AvgIpc) is 2.68. The lowest BCUT2D eigenvalue weighted by Gasteiger charge is -2.34. The third-order valence-corrected chi connectivity index (χ3v) is 5.67. The Bertz CT molecular complexity index is 796. The molecule has 138 valence electrons. The highest BCUT2D eigenvalue weighted by atomic mass is 16.4. The number of piperazine rings is 1. The van der Waals surface area contributed by atoms with Crippen LogP contribution in [-0.4, -0.2) is 77.3 Å². The van der Waals surface area contributed by atoms with E-state index < -0.39 is 6.09 Å². The summed E-state index contributed by atoms with van der Waals surface area (Å²) in [7, 11) is 2.16. The number of hydrogen-bond acceptors (Lipinski definition) is 5. The van der Waals surface area contributed by atoms with Crippen LogP contribution in [-0.2, 0) is 0 Å². The molecule has 2 aliphatic rings. The number of piperidine rings is 1. The molecule has 4 rings (SSSR count). The van der Waals surface area contributed by atoms with Crippen molar-refractivity contribution >= 4 is 22.7 Å². The number of rotatable bonds is 2. The van der Waals surface area contributed by atoms with Gasteiger partial charge in [0.1, 0.15) is 6.33 Å². The molecule has 26 heavy (non-hydrogen) atoms. The van der Waals surface area contributed by atoms with Crippen LogP contribution in [0.15, 0.2) is 24.5 Å². The van der Waals surface area contributed by atoms with Crippen molar-refractivity contribution in [3.05, 3.63) is 30.2 Å². The van der Waals surface area contributed by atoms with Crippen molar-refractivity contribution in [2.24, 2.45) is 0 Å². The van der Waals surface area contributed by atoms with E-state index in [2.05, 4.69) is 45.0 Å². The standard InChI is InChI=1S/C19H25N5O2/c1-22-8-10-23(11-9-22)15-2-3-16-17(12-15)20-13-21-18(16)14-4-6-24(7-5-14)19(25)26/h2-3,12-14H,4-11H2,1H3,(H,25,26). The van der Waals surface area contributed by atoms with Gasteiger partial charge in [0.25, 0.3) is 0 Å². The molecule has 0 radical (unpaired) electrons. The van der Waals surface area contributed by atoms with Crippen LogP contribution in [0, 0.1) is 0 Å². The summed E-state index contributed by atoms with van der Waals surface area (Å²) < 4.78 is 0. The second kappa shape index (κ2) is 7.07. The van der Waals surface area contributed by atoms with Gasteiger partial charge in [-0.15, -0.1) is 0 Å². The number of benzene rings is 1. The highest BCUT2D eigenvalue weighted by Crippen LogP contribution is 2.32. The summed E-state index contributed by atoms with van der Waals surface area (Å²) in [5.74, 6) is 0.297. The van der Waals surface area contributed by atoms with Crippen molar-refractivity contribution in [2.75, 3.05) is 51.2 Å². The summed E-state index contributed by atoms with van der Waals surface area (Å²) in [6.45, 7) is 5.38. The van der Waals surface area contributed by atoms with Crippen LogP contribution in [0.1, 0.15) is 24.5 Å². The first kappa shape index (κ1) is 17.0. The molecule has 0 unspecified atom stereocenters. The first-order valence-electron chi connectivity index (χ1n) is 9.28. The van der Waals surface area contributed by atoms with E-state index in [0.29, 0.717) is 19.0 Å². The van der Waals surface area contributed by atoms with Gasteiger partial charge in [0.2, 0.25) is 0 Å². The number of likely N-dealkylation sites (tertiary alicyclic amines) is 1. The maximum absolute atomic E-state index is 11.1. The normalized spacial score (nSPS) is 19.9. The molecule has 1 aromatic heterocycles. The zero-order valence-electron chi connectivity index (χ0n) is 15.1. The van der Waals surface area contributed by atoms with E-state index in [1.165, 1.54) is 10.6 Å². The SMILES string of the molecule is CN1CCN(c2ccc3c(C4CCN(C(=O)O)CC4)ncnc3c2)CC1. The number of carbonyl (C=O) groups is 1. The van der Waals surface area contributed by atoms with Crippen molar-refractivity contribution in [3.63, 3.8) is 0 Å². The number of likely N-dealkylation sites (N-methyl/N-ethyl adjacent to an activating group) is 1. The summed E-state index contributed by atoms with van der Waals surface area (Å²) in [6.07, 6.45) is 2.46. The van der Waals surface area contributed by atoms with Gasteiger partial charge in [-0.05, 0) is 38.1 Å². The number of carboxylic acid groups (broad SMARTS) is 1. The first-order valence-corrected chi connectivity index (χ1v) is 9.28. The molecule has 0 bridgehead atoms. The molecule has 0 aliphatic carbocycles. The van der Waals surface area contributed by atoms with Crippen LogP contribution in [0.5, 0.6) is 0 Å². The van der Waals surface area contributed by atoms with Crippen molar-refractivity contribution in [2.45, 2.75) is 18.8 Å². The predicted octanol–water partition coefficient (Wildman–Crippen LogP) is 2.24. The molecular formula is C19H25N5O2. The molecule has 1 N–H and O–H groups in total. The molecule has 7 nitrogen and oxygen atoms in total. The molecule has 2 saturated heterocycles. The van der Waals surface area contributed by atoms with Gasteiger partial charge in [-0.25, -0.2) is 14.8 Å². The average molecular weight is 355 g/mol. The molecule has 2 fully saturated rings. The van der Waals surface area contributed by atoms with Crippen LogP contribution in [0.3, 0.4) is 0 Å². The van der Waals surface area contributed by atoms with Crippen molar-refractivity contribution in [1.82, 2.24) is 19.8 Å². The second-order valence-corrected chi connectivity index (χ2v) is 7.29. The topological polar surface area (TPSA) is 72.8 Å². The summed E-state index contributed by atoms with van der Waals surface area (Å²) >= 11 is 0. The molecule has 0 atom stereocenters. The lowest BCUT2D eigenvalue weighted by molar-refractivity contribution is 0.132. The van der Waals surface area contributed by atoms with E-state index >= 15 is 0 Å². The number of nitrogens with zero attached hydrogens (tertiary/aromatic N) is 5. The van der Waals surface area contributed by atoms with Gasteiger partial charge in [-0.3, -0.25) is 0 Å².